The van der Waals surface area contributed by atoms with Gasteiger partial charge in [-0.1, -0.05) is 24.3 Å². The zero-order chi connectivity index (χ0) is 19.7. The van der Waals surface area contributed by atoms with Crippen molar-refractivity contribution in [1.82, 2.24) is 14.8 Å². The Balaban J connectivity index is 1.61. The molecule has 6 heteroatoms. The van der Waals surface area contributed by atoms with Crippen molar-refractivity contribution in [2.45, 2.75) is 0 Å². The summed E-state index contributed by atoms with van der Waals surface area (Å²) in [4.78, 5) is 31.8. The summed E-state index contributed by atoms with van der Waals surface area (Å²) in [6.45, 7) is 3.31. The molecule has 1 aromatic heterocycles. The molecule has 0 spiro atoms. The van der Waals surface area contributed by atoms with Gasteiger partial charge in [-0.3, -0.25) is 4.79 Å². The number of piperazine rings is 1. The van der Waals surface area contributed by atoms with E-state index in [1.54, 1.807) is 6.07 Å². The molecule has 1 saturated heterocycles. The van der Waals surface area contributed by atoms with Crippen LogP contribution in [0.5, 0.6) is 0 Å². The lowest BCUT2D eigenvalue weighted by Gasteiger charge is -2.32. The third kappa shape index (κ3) is 3.51. The molecule has 1 fully saturated rings. The number of carbonyl (C=O) groups is 2. The zero-order valence-corrected chi connectivity index (χ0v) is 16.1. The van der Waals surface area contributed by atoms with E-state index < -0.39 is 5.97 Å². The zero-order valence-electron chi connectivity index (χ0n) is 16.1. The molecule has 28 heavy (non-hydrogen) atoms. The first-order valence-electron chi connectivity index (χ1n) is 9.34. The van der Waals surface area contributed by atoms with Crippen molar-refractivity contribution in [3.05, 3.63) is 59.8 Å². The topological polar surface area (TPSA) is 65.6 Å². The van der Waals surface area contributed by atoms with Crippen LogP contribution in [-0.2, 0) is 4.74 Å². The second kappa shape index (κ2) is 7.48. The second-order valence-electron chi connectivity index (χ2n) is 7.15. The van der Waals surface area contributed by atoms with Crippen molar-refractivity contribution in [1.29, 1.82) is 0 Å². The van der Waals surface area contributed by atoms with Crippen LogP contribution in [0, 0.1) is 0 Å². The van der Waals surface area contributed by atoms with E-state index in [4.69, 9.17) is 4.74 Å². The third-order valence-electron chi connectivity index (χ3n) is 5.26. The molecule has 0 saturated carbocycles. The van der Waals surface area contributed by atoms with Crippen molar-refractivity contribution in [3.63, 3.8) is 0 Å². The minimum atomic E-state index is -0.391. The quantitative estimate of drug-likeness (QED) is 0.713. The van der Waals surface area contributed by atoms with Gasteiger partial charge in [0.1, 0.15) is 5.69 Å². The van der Waals surface area contributed by atoms with Crippen LogP contribution >= 0.6 is 0 Å². The number of carbonyl (C=O) groups excluding carboxylic acids is 2. The van der Waals surface area contributed by atoms with Gasteiger partial charge in [0.2, 0.25) is 0 Å². The lowest BCUT2D eigenvalue weighted by Crippen LogP contribution is -2.47. The smallest absolute Gasteiger partial charge is 0.354 e. The Kier molecular flexibility index (Phi) is 4.88. The second-order valence-corrected chi connectivity index (χ2v) is 7.15. The fraction of sp³-hybridized carbons (Fsp3) is 0.273. The summed E-state index contributed by atoms with van der Waals surface area (Å²) in [6.07, 6.45) is 0. The highest BCUT2D eigenvalue weighted by Crippen LogP contribution is 2.26. The van der Waals surface area contributed by atoms with E-state index in [1.807, 2.05) is 47.4 Å². The van der Waals surface area contributed by atoms with E-state index in [9.17, 15) is 9.59 Å². The number of H-pyrrole nitrogens is 1. The van der Waals surface area contributed by atoms with E-state index in [1.165, 1.54) is 7.11 Å². The summed E-state index contributed by atoms with van der Waals surface area (Å²) < 4.78 is 4.77. The number of benzene rings is 2. The molecule has 144 valence electrons. The Hall–Kier alpha value is -3.12. The van der Waals surface area contributed by atoms with Crippen LogP contribution in [0.25, 0.3) is 22.0 Å². The Morgan fingerprint density at radius 2 is 1.71 bits per heavy atom. The van der Waals surface area contributed by atoms with Gasteiger partial charge in [-0.05, 0) is 42.4 Å². The number of amides is 1. The molecule has 6 nitrogen and oxygen atoms in total. The molecule has 4 rings (SSSR count). The van der Waals surface area contributed by atoms with Gasteiger partial charge in [-0.25, -0.2) is 4.79 Å². The number of aromatic nitrogens is 1. The Bertz CT molecular complexity index is 1030. The number of ether oxygens (including phenoxy) is 1. The van der Waals surface area contributed by atoms with Crippen molar-refractivity contribution in [2.24, 2.45) is 0 Å². The number of likely N-dealkylation sites (N-methyl/N-ethyl adjacent to an activating group) is 1. The monoisotopic (exact) mass is 377 g/mol. The van der Waals surface area contributed by atoms with E-state index in [0.717, 1.165) is 48.2 Å². The predicted molar refractivity (Wildman–Crippen MR) is 108 cm³/mol. The standard InChI is InChI=1S/C22H23N3O3/c1-24-8-10-25(11-9-24)21(26)18-5-3-4-15(12-18)16-6-7-17-14-20(22(27)28-2)23-19(17)13-16/h3-7,12-14,23H,8-11H2,1-2H3. The Labute approximate surface area is 163 Å². The van der Waals surface area contributed by atoms with Crippen molar-refractivity contribution in [3.8, 4) is 11.1 Å². The number of esters is 1. The molecular formula is C22H23N3O3. The van der Waals surface area contributed by atoms with Crippen molar-refractivity contribution >= 4 is 22.8 Å². The van der Waals surface area contributed by atoms with E-state index in [0.29, 0.717) is 11.3 Å². The number of fused-ring (bicyclic) bond motifs is 1. The minimum Gasteiger partial charge on any atom is -0.464 e. The number of methoxy groups -OCH3 is 1. The Morgan fingerprint density at radius 1 is 0.964 bits per heavy atom. The molecule has 0 aliphatic carbocycles. The maximum Gasteiger partial charge on any atom is 0.354 e. The number of hydrogen-bond donors (Lipinski definition) is 1. The highest BCUT2D eigenvalue weighted by molar-refractivity contribution is 5.97. The van der Waals surface area contributed by atoms with Crippen LogP contribution in [0.1, 0.15) is 20.8 Å². The molecule has 1 aliphatic heterocycles. The van der Waals surface area contributed by atoms with Crippen LogP contribution < -0.4 is 0 Å². The van der Waals surface area contributed by atoms with E-state index in [-0.39, 0.29) is 5.91 Å². The van der Waals surface area contributed by atoms with Gasteiger partial charge in [0.25, 0.3) is 5.91 Å². The summed E-state index contributed by atoms with van der Waals surface area (Å²) in [5.74, 6) is -0.318. The van der Waals surface area contributed by atoms with E-state index in [2.05, 4.69) is 16.9 Å². The van der Waals surface area contributed by atoms with Gasteiger partial charge in [0.15, 0.2) is 0 Å². The van der Waals surface area contributed by atoms with Crippen LogP contribution in [0.15, 0.2) is 48.5 Å². The highest BCUT2D eigenvalue weighted by atomic mass is 16.5. The largest absolute Gasteiger partial charge is 0.464 e. The van der Waals surface area contributed by atoms with Gasteiger partial charge in [0.05, 0.1) is 7.11 Å². The number of nitrogens with one attached hydrogen (secondary N) is 1. The predicted octanol–water partition coefficient (Wildman–Crippen LogP) is 3.01. The number of hydrogen-bond acceptors (Lipinski definition) is 4. The van der Waals surface area contributed by atoms with Gasteiger partial charge in [-0.2, -0.15) is 0 Å². The minimum absolute atomic E-state index is 0.0730. The lowest BCUT2D eigenvalue weighted by molar-refractivity contribution is 0.0594. The van der Waals surface area contributed by atoms with Crippen LogP contribution in [0.4, 0.5) is 0 Å². The molecule has 3 aromatic rings. The maximum atomic E-state index is 12.9. The van der Waals surface area contributed by atoms with Crippen molar-refractivity contribution < 1.29 is 14.3 Å². The first-order chi connectivity index (χ1) is 13.5. The van der Waals surface area contributed by atoms with Crippen LogP contribution in [0.3, 0.4) is 0 Å². The summed E-state index contributed by atoms with van der Waals surface area (Å²) in [6, 6.07) is 15.4. The molecule has 0 atom stereocenters. The fourth-order valence-electron chi connectivity index (χ4n) is 3.55. The molecule has 0 bridgehead atoms. The number of aromatic amines is 1. The molecule has 2 aromatic carbocycles. The Morgan fingerprint density at radius 3 is 2.46 bits per heavy atom. The fourth-order valence-corrected chi connectivity index (χ4v) is 3.55. The molecular weight excluding hydrogens is 354 g/mol. The molecule has 1 N–H and O–H groups in total. The number of rotatable bonds is 3. The van der Waals surface area contributed by atoms with Gasteiger partial charge >= 0.3 is 5.97 Å². The lowest BCUT2D eigenvalue weighted by atomic mass is 10.0. The molecule has 1 aliphatic rings. The van der Waals surface area contributed by atoms with Gasteiger partial charge in [-0.15, -0.1) is 0 Å². The first kappa shape index (κ1) is 18.3. The molecule has 0 unspecified atom stereocenters. The summed E-state index contributed by atoms with van der Waals surface area (Å²) >= 11 is 0. The van der Waals surface area contributed by atoms with Gasteiger partial charge < -0.3 is 19.5 Å². The third-order valence-corrected chi connectivity index (χ3v) is 5.26. The molecule has 2 heterocycles. The van der Waals surface area contributed by atoms with E-state index >= 15 is 0 Å². The van der Waals surface area contributed by atoms with Crippen LogP contribution in [0.2, 0.25) is 0 Å². The average Bonchev–Trinajstić information content (AvgIpc) is 3.16. The van der Waals surface area contributed by atoms with Crippen LogP contribution in [-0.4, -0.2) is 67.0 Å². The van der Waals surface area contributed by atoms with Crippen molar-refractivity contribution in [2.75, 3.05) is 40.3 Å². The average molecular weight is 377 g/mol. The SMILES string of the molecule is COC(=O)c1cc2ccc(-c3cccc(C(=O)N4CCN(C)CC4)c3)cc2[nH]1. The maximum absolute atomic E-state index is 12.9. The summed E-state index contributed by atoms with van der Waals surface area (Å²) in [5, 5.41) is 0.939. The summed E-state index contributed by atoms with van der Waals surface area (Å²) in [7, 11) is 3.44. The highest BCUT2D eigenvalue weighted by Gasteiger charge is 2.20. The van der Waals surface area contributed by atoms with Gasteiger partial charge in [0, 0.05) is 42.6 Å². The first-order valence-corrected chi connectivity index (χ1v) is 9.34. The number of nitrogens with zero attached hydrogens (tertiary/aromatic N) is 2. The molecule has 0 radical (unpaired) electrons. The normalized spacial score (nSPS) is 15.0. The molecule has 1 amide bonds. The summed E-state index contributed by atoms with van der Waals surface area (Å²) in [5.41, 5.74) is 3.93.